The van der Waals surface area contributed by atoms with Crippen LogP contribution in [-0.4, -0.2) is 48.3 Å². The summed E-state index contributed by atoms with van der Waals surface area (Å²) < 4.78 is 29.6. The zero-order chi connectivity index (χ0) is 23.7. The Morgan fingerprint density at radius 1 is 1.32 bits per heavy atom. The molecule has 2 aromatic heterocycles. The molecule has 2 aliphatic rings. The highest BCUT2D eigenvalue weighted by molar-refractivity contribution is 8.25. The molecule has 11 heteroatoms. The summed E-state index contributed by atoms with van der Waals surface area (Å²) >= 11 is 0. The molecule has 2 fully saturated rings. The molecule has 1 saturated carbocycles. The van der Waals surface area contributed by atoms with Gasteiger partial charge in [0.15, 0.2) is 5.75 Å². The lowest BCUT2D eigenvalue weighted by Crippen LogP contribution is -2.21. The van der Waals surface area contributed by atoms with Crippen molar-refractivity contribution in [3.8, 4) is 23.1 Å². The molecule has 10 nitrogen and oxygen atoms in total. The van der Waals surface area contributed by atoms with E-state index in [9.17, 15) is 14.4 Å². The first kappa shape index (κ1) is 22.5. The summed E-state index contributed by atoms with van der Waals surface area (Å²) in [6, 6.07) is 9.79. The molecule has 1 saturated heterocycles. The van der Waals surface area contributed by atoms with Crippen molar-refractivity contribution in [2.75, 3.05) is 29.0 Å². The number of hydrogen-bond donors (Lipinski definition) is 3. The summed E-state index contributed by atoms with van der Waals surface area (Å²) in [6.45, 7) is 0.604. The number of nitriles is 1. The number of methoxy groups -OCH3 is 1. The van der Waals surface area contributed by atoms with Gasteiger partial charge in [-0.3, -0.25) is 18.1 Å². The Morgan fingerprint density at radius 2 is 2.18 bits per heavy atom. The van der Waals surface area contributed by atoms with Gasteiger partial charge in [0.1, 0.15) is 5.69 Å². The fourth-order valence-corrected chi connectivity index (χ4v) is 5.91. The smallest absolute Gasteiger partial charge is 0.227 e. The van der Waals surface area contributed by atoms with Gasteiger partial charge >= 0.3 is 0 Å². The van der Waals surface area contributed by atoms with Crippen LogP contribution in [0.3, 0.4) is 0 Å². The number of hydrogen-bond acceptors (Lipinski definition) is 9. The third-order valence-corrected chi connectivity index (χ3v) is 8.11. The molecule has 34 heavy (non-hydrogen) atoms. The second-order valence-electron chi connectivity index (χ2n) is 8.55. The average molecular weight is 482 g/mol. The van der Waals surface area contributed by atoms with Gasteiger partial charge in [-0.2, -0.15) is 10.4 Å². The first-order valence-electron chi connectivity index (χ1n) is 11.2. The van der Waals surface area contributed by atoms with Crippen LogP contribution < -0.4 is 14.4 Å². The highest BCUT2D eigenvalue weighted by Crippen LogP contribution is 2.51. The minimum atomic E-state index is -2.76. The van der Waals surface area contributed by atoms with Gasteiger partial charge in [0.05, 0.1) is 49.5 Å². The molecule has 1 unspecified atom stereocenters. The molecule has 1 aliphatic carbocycles. The number of nitrogens with zero attached hydrogens (tertiary/aromatic N) is 6. The van der Waals surface area contributed by atoms with E-state index in [1.54, 1.807) is 23.8 Å². The fraction of sp³-hybridized carbons (Fsp3) is 0.391. The normalized spacial score (nSPS) is 18.8. The van der Waals surface area contributed by atoms with Crippen LogP contribution in [0.15, 0.2) is 42.9 Å². The third kappa shape index (κ3) is 4.52. The maximum atomic E-state index is 10.3. The highest BCUT2D eigenvalue weighted by atomic mass is 32.3. The second-order valence-corrected chi connectivity index (χ2v) is 10.7. The van der Waals surface area contributed by atoms with Gasteiger partial charge in [0, 0.05) is 24.0 Å². The molecule has 3 N–H and O–H groups in total. The van der Waals surface area contributed by atoms with Crippen molar-refractivity contribution in [1.82, 2.24) is 19.7 Å². The maximum absolute atomic E-state index is 10.3. The van der Waals surface area contributed by atoms with Crippen LogP contribution in [-0.2, 0) is 0 Å². The number of benzene rings is 1. The van der Waals surface area contributed by atoms with Crippen LogP contribution in [0.5, 0.6) is 5.75 Å². The lowest BCUT2D eigenvalue weighted by atomic mass is 10.1. The Bertz CT molecular complexity index is 1220. The van der Waals surface area contributed by atoms with E-state index in [0.717, 1.165) is 36.2 Å². The Balaban J connectivity index is 1.40. The van der Waals surface area contributed by atoms with E-state index in [4.69, 9.17) is 4.74 Å². The Labute approximate surface area is 199 Å². The fourth-order valence-electron chi connectivity index (χ4n) is 4.30. The molecule has 0 amide bonds. The van der Waals surface area contributed by atoms with Crippen molar-refractivity contribution in [2.45, 2.75) is 31.7 Å². The van der Waals surface area contributed by atoms with Gasteiger partial charge < -0.3 is 10.1 Å². The lowest BCUT2D eigenvalue weighted by molar-refractivity contribution is 0.411. The third-order valence-electron chi connectivity index (χ3n) is 6.18. The first-order valence-corrected chi connectivity index (χ1v) is 12.9. The number of aromatic nitrogens is 4. The first-order chi connectivity index (χ1) is 16.5. The molecule has 0 bridgehead atoms. The van der Waals surface area contributed by atoms with Gasteiger partial charge in [-0.1, -0.05) is 6.07 Å². The molecule has 1 aromatic carbocycles. The van der Waals surface area contributed by atoms with Crippen molar-refractivity contribution in [2.24, 2.45) is 5.92 Å². The van der Waals surface area contributed by atoms with E-state index in [1.165, 1.54) is 0 Å². The minimum Gasteiger partial charge on any atom is -0.493 e. The molecule has 0 radical (unpaired) electrons. The van der Waals surface area contributed by atoms with Crippen LogP contribution in [0.1, 0.15) is 31.7 Å². The zero-order valence-corrected chi connectivity index (χ0v) is 19.6. The molecule has 5 rings (SSSR count). The van der Waals surface area contributed by atoms with Crippen LogP contribution in [0.25, 0.3) is 11.3 Å². The van der Waals surface area contributed by atoms with Gasteiger partial charge in [-0.25, -0.2) is 9.97 Å². The molecular formula is C23H27N7O3S. The molecule has 178 valence electrons. The molecular weight excluding hydrogens is 454 g/mol. The quantitative estimate of drug-likeness (QED) is 0.413. The highest BCUT2D eigenvalue weighted by Gasteiger charge is 2.33. The van der Waals surface area contributed by atoms with E-state index in [-0.39, 0.29) is 6.04 Å². The van der Waals surface area contributed by atoms with E-state index in [1.807, 2.05) is 35.1 Å². The number of anilines is 3. The molecule has 0 spiro atoms. The van der Waals surface area contributed by atoms with Crippen molar-refractivity contribution in [3.05, 3.63) is 42.9 Å². The summed E-state index contributed by atoms with van der Waals surface area (Å²) in [4.78, 5) is 9.04. The van der Waals surface area contributed by atoms with Crippen molar-refractivity contribution >= 4 is 28.1 Å². The van der Waals surface area contributed by atoms with E-state index < -0.39 is 10.8 Å². The topological polar surface area (TPSA) is 132 Å². The van der Waals surface area contributed by atoms with Crippen LogP contribution in [0.4, 0.5) is 17.3 Å². The summed E-state index contributed by atoms with van der Waals surface area (Å²) in [7, 11) is -1.19. The zero-order valence-electron chi connectivity index (χ0n) is 18.8. The standard InChI is InChI=1S/C23H27N7O3S/c1-33-21-14-25-23(27-18-4-2-5-19(12-18)30-10-3-11-34(30,31)32)28-22(21)17-13-26-29(15-17)20(8-9-24)16-6-7-16/h2,4-5,12-16,20,31-32H,3,6-8,10-11H2,1H3,(H,25,27,28). The van der Waals surface area contributed by atoms with E-state index >= 15 is 0 Å². The Morgan fingerprint density at radius 3 is 2.88 bits per heavy atom. The van der Waals surface area contributed by atoms with Crippen LogP contribution >= 0.6 is 10.8 Å². The summed E-state index contributed by atoms with van der Waals surface area (Å²) in [5.41, 5.74) is 2.85. The number of ether oxygens (including phenoxy) is 1. The van der Waals surface area contributed by atoms with E-state index in [2.05, 4.69) is 26.5 Å². The van der Waals surface area contributed by atoms with Crippen molar-refractivity contribution < 1.29 is 13.8 Å². The number of nitrogens with one attached hydrogen (secondary N) is 1. The minimum absolute atomic E-state index is 0.0739. The molecule has 3 aromatic rings. The van der Waals surface area contributed by atoms with Crippen molar-refractivity contribution in [1.29, 1.82) is 5.26 Å². The monoisotopic (exact) mass is 481 g/mol. The Hall–Kier alpha value is -3.33. The Kier molecular flexibility index (Phi) is 6.03. The summed E-state index contributed by atoms with van der Waals surface area (Å²) in [5, 5.41) is 16.9. The lowest BCUT2D eigenvalue weighted by Gasteiger charge is -2.38. The molecule has 3 heterocycles. The van der Waals surface area contributed by atoms with Crippen molar-refractivity contribution in [3.63, 3.8) is 0 Å². The summed E-state index contributed by atoms with van der Waals surface area (Å²) in [6.07, 6.45) is 8.67. The molecule has 1 atom stereocenters. The van der Waals surface area contributed by atoms with Crippen LogP contribution in [0.2, 0.25) is 0 Å². The van der Waals surface area contributed by atoms with Gasteiger partial charge in [-0.15, -0.1) is 10.8 Å². The van der Waals surface area contributed by atoms with E-state index in [0.29, 0.717) is 42.0 Å². The van der Waals surface area contributed by atoms with Gasteiger partial charge in [0.25, 0.3) is 0 Å². The molecule has 1 aliphatic heterocycles. The predicted molar refractivity (Wildman–Crippen MR) is 131 cm³/mol. The summed E-state index contributed by atoms with van der Waals surface area (Å²) in [5.74, 6) is 1.79. The van der Waals surface area contributed by atoms with Gasteiger partial charge in [0.2, 0.25) is 5.95 Å². The maximum Gasteiger partial charge on any atom is 0.227 e. The second kappa shape index (κ2) is 9.13. The van der Waals surface area contributed by atoms with Crippen LogP contribution in [0, 0.1) is 17.2 Å². The predicted octanol–water partition coefficient (Wildman–Crippen LogP) is 4.83. The largest absolute Gasteiger partial charge is 0.493 e. The van der Waals surface area contributed by atoms with Gasteiger partial charge in [-0.05, 0) is 43.4 Å². The SMILES string of the molecule is COc1cnc(Nc2cccc(N3CCCS3(O)O)c2)nc1-c1cnn(C(CC#N)C2CC2)c1. The number of rotatable bonds is 8. The average Bonchev–Trinajstić information content (AvgIpc) is 3.44.